The van der Waals surface area contributed by atoms with E-state index in [9.17, 15) is 0 Å². The zero-order valence-corrected chi connectivity index (χ0v) is 23.7. The molecule has 1 nitrogen and oxygen atoms in total. The topological polar surface area (TPSA) is 12.4 Å². The monoisotopic (exact) mass is 445 g/mol. The van der Waals surface area contributed by atoms with Crippen LogP contribution in [0, 0.1) is 0 Å². The van der Waals surface area contributed by atoms with Crippen LogP contribution >= 0.6 is 5.70 Å². The number of hydrogen-bond donors (Lipinski definition) is 0. The summed E-state index contributed by atoms with van der Waals surface area (Å²) in [5.74, 6) is 0. The predicted octanol–water partition coefficient (Wildman–Crippen LogP) is 8.28. The number of hydrogen-bond acceptors (Lipinski definition) is 1. The van der Waals surface area contributed by atoms with Crippen LogP contribution in [0.15, 0.2) is 53.5 Å². The Morgan fingerprint density at radius 1 is 0.960 bits per heavy atom. The Labute approximate surface area is 175 Å². The molecule has 0 fully saturated rings. The predicted molar refractivity (Wildman–Crippen MR) is 126 cm³/mol. The van der Waals surface area contributed by atoms with E-state index in [2.05, 4.69) is 83.7 Å². The third kappa shape index (κ3) is 7.23. The molecule has 142 valence electrons. The van der Waals surface area contributed by atoms with Crippen LogP contribution in [0.5, 0.6) is 0 Å². The second-order valence-corrected chi connectivity index (χ2v) is 45.7. The Morgan fingerprint density at radius 2 is 1.40 bits per heavy atom. The van der Waals surface area contributed by atoms with Gasteiger partial charge in [0.25, 0.3) is 0 Å². The van der Waals surface area contributed by atoms with Crippen molar-refractivity contribution >= 4 is 28.9 Å². The molecule has 0 bridgehead atoms. The number of rotatable bonds is 5. The molecule has 0 amide bonds. The van der Waals surface area contributed by atoms with Gasteiger partial charge in [-0.2, -0.15) is 0 Å². The minimum Gasteiger partial charge on any atom is -0.284 e. The van der Waals surface area contributed by atoms with Crippen molar-refractivity contribution in [2.24, 2.45) is 4.74 Å². The third-order valence-electron chi connectivity index (χ3n) is 4.27. The van der Waals surface area contributed by atoms with Crippen molar-refractivity contribution in [2.45, 2.75) is 72.3 Å². The van der Waals surface area contributed by atoms with Gasteiger partial charge >= 0.3 is 0 Å². The van der Waals surface area contributed by atoms with E-state index in [1.165, 1.54) is 5.70 Å². The van der Waals surface area contributed by atoms with Crippen LogP contribution in [0.3, 0.4) is 0 Å². The minimum absolute atomic E-state index is 0. The number of nitrogens with zero attached hydrogens (tertiary/aromatic N) is 1. The van der Waals surface area contributed by atoms with Crippen molar-refractivity contribution in [3.8, 4) is 0 Å². The molecule has 0 spiro atoms. The maximum atomic E-state index is 5.62. The van der Waals surface area contributed by atoms with Gasteiger partial charge in [-0.25, -0.2) is 0 Å². The van der Waals surface area contributed by atoms with Gasteiger partial charge in [0.15, 0.2) is 0 Å². The van der Waals surface area contributed by atoms with Crippen molar-refractivity contribution in [3.63, 3.8) is 0 Å². The van der Waals surface area contributed by atoms with Crippen LogP contribution < -0.4 is 0 Å². The van der Waals surface area contributed by atoms with Gasteiger partial charge in [-0.05, 0) is 13.0 Å². The van der Waals surface area contributed by atoms with E-state index in [-0.39, 0.29) is 21.7 Å². The summed E-state index contributed by atoms with van der Waals surface area (Å²) in [6, 6.07) is 0. The Kier molecular flexibility index (Phi) is 12.0. The molecule has 0 N–H and O–H groups in total. The summed E-state index contributed by atoms with van der Waals surface area (Å²) in [5, 5.41) is 0. The van der Waals surface area contributed by atoms with Crippen LogP contribution in [0.4, 0.5) is 0 Å². The van der Waals surface area contributed by atoms with Crippen molar-refractivity contribution in [1.82, 2.24) is 0 Å². The van der Waals surface area contributed by atoms with Gasteiger partial charge < -0.3 is 0 Å². The quantitative estimate of drug-likeness (QED) is 0.229. The van der Waals surface area contributed by atoms with E-state index >= 15 is 0 Å². The van der Waals surface area contributed by atoms with E-state index in [0.717, 1.165) is 6.42 Å². The van der Waals surface area contributed by atoms with Crippen molar-refractivity contribution < 1.29 is 21.7 Å². The molecule has 0 heterocycles. The van der Waals surface area contributed by atoms with Crippen LogP contribution in [0.1, 0.15) is 13.3 Å². The van der Waals surface area contributed by atoms with Gasteiger partial charge in [0, 0.05) is 33.8 Å². The molecule has 0 aliphatic heterocycles. The second-order valence-electron chi connectivity index (χ2n) is 9.30. The summed E-state index contributed by atoms with van der Waals surface area (Å²) < 4.78 is 5.62. The summed E-state index contributed by atoms with van der Waals surface area (Å²) in [4.78, 5) is 0. The number of allylic oxidation sites excluding steroid dienone is 6. The van der Waals surface area contributed by atoms with Gasteiger partial charge in [0.05, 0.1) is 23.2 Å². The van der Waals surface area contributed by atoms with Gasteiger partial charge in [0.2, 0.25) is 0 Å². The fraction of sp³-hybridized carbons (Fsp3) is 0.579. The molecule has 0 aromatic rings. The molecule has 0 saturated carbocycles. The fourth-order valence-electron chi connectivity index (χ4n) is 4.31. The van der Waals surface area contributed by atoms with E-state index in [4.69, 9.17) is 4.74 Å². The SMILES string of the molecule is C=CC=CC.C[Si](C)(C)P(=NC1=CC=CC1)([Si](C)(C)C)[Si](C)(C)C.[Ti]. The van der Waals surface area contributed by atoms with Crippen LogP contribution in [-0.4, -0.2) is 23.2 Å². The first-order valence-corrected chi connectivity index (χ1v) is 23.7. The van der Waals surface area contributed by atoms with Gasteiger partial charge in [-0.3, -0.25) is 4.74 Å². The molecule has 0 radical (unpaired) electrons. The molecule has 0 saturated heterocycles. The average molecular weight is 446 g/mol. The Morgan fingerprint density at radius 3 is 1.60 bits per heavy atom. The summed E-state index contributed by atoms with van der Waals surface area (Å²) in [6.45, 7) is 28.7. The van der Waals surface area contributed by atoms with Gasteiger partial charge in [0.1, 0.15) is 0 Å². The first-order valence-electron chi connectivity index (χ1n) is 8.96. The molecule has 0 atom stereocenters. The zero-order chi connectivity index (χ0) is 19.2. The molecule has 25 heavy (non-hydrogen) atoms. The molecular weight excluding hydrogens is 405 g/mol. The summed E-state index contributed by atoms with van der Waals surface area (Å²) in [5.41, 5.74) is 0.212. The van der Waals surface area contributed by atoms with Gasteiger partial charge in [-0.15, -0.1) is 0 Å². The standard InChI is InChI=1S/C14H32NPSi3.C5H8.Ti/c1-17(2,3)16(18(4,5)6,19(7,8)9)15-14-12-10-11-13-14;1-3-5-4-2;/h10-12H,13H2,1-9H3;3-5H,1H2,2H3;. The average Bonchev–Trinajstić information content (AvgIpc) is 2.85. The van der Waals surface area contributed by atoms with E-state index in [1.54, 1.807) is 6.08 Å². The first-order chi connectivity index (χ1) is 10.7. The Bertz CT molecular complexity index is 528. The fourth-order valence-corrected chi connectivity index (χ4v) is 88.1. The maximum Gasteiger partial charge on any atom is 0.0843 e. The molecule has 1 aliphatic rings. The van der Waals surface area contributed by atoms with E-state index in [0.29, 0.717) is 0 Å². The second kappa shape index (κ2) is 10.8. The molecule has 6 heteroatoms. The molecule has 1 aliphatic carbocycles. The smallest absolute Gasteiger partial charge is 0.0843 e. The summed E-state index contributed by atoms with van der Waals surface area (Å²) in [6.07, 6.45) is 13.3. The van der Waals surface area contributed by atoms with Crippen LogP contribution in [0.2, 0.25) is 58.9 Å². The molecule has 0 unspecified atom stereocenters. The molecule has 0 aromatic carbocycles. The van der Waals surface area contributed by atoms with Gasteiger partial charge in [-0.1, -0.05) is 102 Å². The Balaban J connectivity index is 0. The molecular formula is C19H40NPSi3Ti. The maximum absolute atomic E-state index is 5.62. The third-order valence-corrected chi connectivity index (χ3v) is 65.3. The Hall–Kier alpha value is 0.555. The minimum atomic E-state index is -1.28. The summed E-state index contributed by atoms with van der Waals surface area (Å²) >= 11 is 0. The first kappa shape index (κ1) is 27.8. The summed E-state index contributed by atoms with van der Waals surface area (Å²) in [7, 11) is -3.83. The van der Waals surface area contributed by atoms with Crippen LogP contribution in [-0.2, 0) is 21.7 Å². The van der Waals surface area contributed by atoms with Crippen molar-refractivity contribution in [3.05, 3.63) is 48.7 Å². The zero-order valence-electron chi connectivity index (χ0n) is 18.3. The van der Waals surface area contributed by atoms with E-state index < -0.39 is 28.9 Å². The molecule has 1 rings (SSSR count). The van der Waals surface area contributed by atoms with Crippen LogP contribution in [0.25, 0.3) is 0 Å². The van der Waals surface area contributed by atoms with Crippen molar-refractivity contribution in [1.29, 1.82) is 0 Å². The molecule has 0 aromatic heterocycles. The largest absolute Gasteiger partial charge is 0.284 e. The van der Waals surface area contributed by atoms with Crippen molar-refractivity contribution in [2.75, 3.05) is 0 Å². The van der Waals surface area contributed by atoms with E-state index in [1.807, 2.05) is 19.1 Å². The normalized spacial score (nSPS) is 15.2.